The van der Waals surface area contributed by atoms with E-state index < -0.39 is 0 Å². The number of nitriles is 1. The van der Waals surface area contributed by atoms with Gasteiger partial charge in [0.05, 0.1) is 24.9 Å². The average molecular weight is 306 g/mol. The Morgan fingerprint density at radius 2 is 1.95 bits per heavy atom. The van der Waals surface area contributed by atoms with Crippen molar-refractivity contribution in [2.24, 2.45) is 7.05 Å². The molecule has 0 spiro atoms. The molecule has 1 heterocycles. The van der Waals surface area contributed by atoms with Crippen LogP contribution in [0, 0.1) is 11.3 Å². The average Bonchev–Trinajstić information content (AvgIpc) is 2.85. The van der Waals surface area contributed by atoms with Gasteiger partial charge in [-0.15, -0.1) is 0 Å². The van der Waals surface area contributed by atoms with Crippen LogP contribution in [0.2, 0.25) is 5.02 Å². The van der Waals surface area contributed by atoms with E-state index in [4.69, 9.17) is 26.3 Å². The Bertz CT molecular complexity index is 689. The second-order valence-electron chi connectivity index (χ2n) is 4.50. The zero-order chi connectivity index (χ0) is 15.4. The predicted octanol–water partition coefficient (Wildman–Crippen LogP) is 3.18. The molecule has 0 fully saturated rings. The fraction of sp³-hybridized carbons (Fsp3) is 0.267. The third-order valence-electron chi connectivity index (χ3n) is 3.13. The minimum absolute atomic E-state index is 0.506. The van der Waals surface area contributed by atoms with E-state index in [1.165, 1.54) is 0 Å². The van der Waals surface area contributed by atoms with Crippen LogP contribution < -0.4 is 14.8 Å². The second-order valence-corrected chi connectivity index (χ2v) is 4.90. The number of rotatable bonds is 5. The van der Waals surface area contributed by atoms with Crippen LogP contribution in [0.15, 0.2) is 24.4 Å². The van der Waals surface area contributed by atoms with Gasteiger partial charge in [0.2, 0.25) is 0 Å². The zero-order valence-corrected chi connectivity index (χ0v) is 12.9. The number of aromatic nitrogens is 1. The summed E-state index contributed by atoms with van der Waals surface area (Å²) in [5.74, 6) is 1.21. The normalized spacial score (nSPS) is 10.0. The number of hydrogen-bond donors (Lipinski definition) is 1. The van der Waals surface area contributed by atoms with Crippen LogP contribution in [0.3, 0.4) is 0 Å². The Balaban J connectivity index is 2.19. The Morgan fingerprint density at radius 3 is 2.52 bits per heavy atom. The summed E-state index contributed by atoms with van der Waals surface area (Å²) < 4.78 is 12.3. The molecule has 21 heavy (non-hydrogen) atoms. The predicted molar refractivity (Wildman–Crippen MR) is 82.0 cm³/mol. The van der Waals surface area contributed by atoms with Gasteiger partial charge in [0.1, 0.15) is 23.3 Å². The molecule has 110 valence electrons. The molecule has 5 nitrogen and oxygen atoms in total. The van der Waals surface area contributed by atoms with E-state index in [0.717, 1.165) is 11.3 Å². The van der Waals surface area contributed by atoms with Crippen LogP contribution >= 0.6 is 11.6 Å². The lowest BCUT2D eigenvalue weighted by atomic mass is 10.2. The molecule has 0 unspecified atom stereocenters. The van der Waals surface area contributed by atoms with Gasteiger partial charge in [-0.2, -0.15) is 5.26 Å². The number of anilines is 1. The summed E-state index contributed by atoms with van der Waals surface area (Å²) in [6.07, 6.45) is 1.91. The van der Waals surface area contributed by atoms with Gasteiger partial charge < -0.3 is 19.4 Å². The Kier molecular flexibility index (Phi) is 4.61. The molecule has 1 aromatic carbocycles. The van der Waals surface area contributed by atoms with Crippen LogP contribution in [0.25, 0.3) is 0 Å². The quantitative estimate of drug-likeness (QED) is 0.921. The van der Waals surface area contributed by atoms with Crippen molar-refractivity contribution in [3.63, 3.8) is 0 Å². The van der Waals surface area contributed by atoms with Crippen molar-refractivity contribution in [3.05, 3.63) is 40.7 Å². The molecular formula is C15H16ClN3O2. The first-order valence-electron chi connectivity index (χ1n) is 6.29. The molecule has 0 bridgehead atoms. The van der Waals surface area contributed by atoms with Gasteiger partial charge in [-0.1, -0.05) is 11.6 Å². The molecule has 0 radical (unpaired) electrons. The molecule has 6 heteroatoms. The van der Waals surface area contributed by atoms with Gasteiger partial charge in [-0.25, -0.2) is 0 Å². The molecule has 1 aromatic heterocycles. The second kappa shape index (κ2) is 6.42. The highest BCUT2D eigenvalue weighted by Crippen LogP contribution is 2.36. The molecular weight excluding hydrogens is 290 g/mol. The Morgan fingerprint density at radius 1 is 1.24 bits per heavy atom. The SMILES string of the molecule is COc1cc(OC)c(NCc2cc(C#N)n(C)c2)cc1Cl. The van der Waals surface area contributed by atoms with Crippen molar-refractivity contribution >= 4 is 17.3 Å². The summed E-state index contributed by atoms with van der Waals surface area (Å²) in [4.78, 5) is 0. The number of nitrogens with one attached hydrogen (secondary N) is 1. The van der Waals surface area contributed by atoms with Crippen molar-refractivity contribution < 1.29 is 9.47 Å². The lowest BCUT2D eigenvalue weighted by Crippen LogP contribution is -2.01. The number of benzene rings is 1. The minimum atomic E-state index is 0.506. The maximum absolute atomic E-state index is 8.95. The molecule has 0 amide bonds. The lowest BCUT2D eigenvalue weighted by Gasteiger charge is -2.13. The molecule has 0 saturated carbocycles. The van der Waals surface area contributed by atoms with Gasteiger partial charge in [-0.3, -0.25) is 0 Å². The highest BCUT2D eigenvalue weighted by molar-refractivity contribution is 6.32. The van der Waals surface area contributed by atoms with Crippen LogP contribution in [0.5, 0.6) is 11.5 Å². The van der Waals surface area contributed by atoms with E-state index in [1.807, 2.05) is 19.3 Å². The number of ether oxygens (including phenoxy) is 2. The smallest absolute Gasteiger partial charge is 0.145 e. The molecule has 2 rings (SSSR count). The fourth-order valence-electron chi connectivity index (χ4n) is 2.04. The van der Waals surface area contributed by atoms with Gasteiger partial charge >= 0.3 is 0 Å². The van der Waals surface area contributed by atoms with E-state index in [2.05, 4.69) is 11.4 Å². The molecule has 0 aliphatic heterocycles. The number of methoxy groups -OCH3 is 2. The van der Waals surface area contributed by atoms with Gasteiger partial charge in [-0.05, 0) is 17.7 Å². The van der Waals surface area contributed by atoms with E-state index in [1.54, 1.807) is 30.9 Å². The highest BCUT2D eigenvalue weighted by Gasteiger charge is 2.10. The summed E-state index contributed by atoms with van der Waals surface area (Å²) >= 11 is 6.12. The first kappa shape index (κ1) is 15.1. The van der Waals surface area contributed by atoms with Crippen molar-refractivity contribution in [2.75, 3.05) is 19.5 Å². The summed E-state index contributed by atoms with van der Waals surface area (Å²) in [5, 5.41) is 12.7. The highest BCUT2D eigenvalue weighted by atomic mass is 35.5. The van der Waals surface area contributed by atoms with E-state index >= 15 is 0 Å². The van der Waals surface area contributed by atoms with Crippen molar-refractivity contribution in [3.8, 4) is 17.6 Å². The van der Waals surface area contributed by atoms with Gasteiger partial charge in [0, 0.05) is 25.9 Å². The summed E-state index contributed by atoms with van der Waals surface area (Å²) in [7, 11) is 4.98. The molecule has 0 aliphatic rings. The molecule has 1 N–H and O–H groups in total. The third kappa shape index (κ3) is 3.23. The summed E-state index contributed by atoms with van der Waals surface area (Å²) in [6.45, 7) is 0.564. The van der Waals surface area contributed by atoms with E-state index in [9.17, 15) is 0 Å². The molecule has 0 saturated heterocycles. The van der Waals surface area contributed by atoms with Crippen LogP contribution in [-0.4, -0.2) is 18.8 Å². The van der Waals surface area contributed by atoms with Gasteiger partial charge in [0.25, 0.3) is 0 Å². The van der Waals surface area contributed by atoms with E-state index in [0.29, 0.717) is 28.8 Å². The van der Waals surface area contributed by atoms with Crippen LogP contribution in [0.1, 0.15) is 11.3 Å². The molecule has 2 aromatic rings. The van der Waals surface area contributed by atoms with Crippen molar-refractivity contribution in [1.29, 1.82) is 5.26 Å². The number of aryl methyl sites for hydroxylation is 1. The molecule has 0 aliphatic carbocycles. The molecule has 0 atom stereocenters. The topological polar surface area (TPSA) is 59.2 Å². The fourth-order valence-corrected chi connectivity index (χ4v) is 2.28. The number of halogens is 1. The monoisotopic (exact) mass is 305 g/mol. The van der Waals surface area contributed by atoms with Crippen LogP contribution in [-0.2, 0) is 13.6 Å². The maximum atomic E-state index is 8.95. The van der Waals surface area contributed by atoms with Crippen molar-refractivity contribution in [1.82, 2.24) is 4.57 Å². The van der Waals surface area contributed by atoms with Crippen molar-refractivity contribution in [2.45, 2.75) is 6.54 Å². The first-order chi connectivity index (χ1) is 10.1. The number of hydrogen-bond acceptors (Lipinski definition) is 4. The lowest BCUT2D eigenvalue weighted by molar-refractivity contribution is 0.395. The zero-order valence-electron chi connectivity index (χ0n) is 12.1. The largest absolute Gasteiger partial charge is 0.495 e. The summed E-state index contributed by atoms with van der Waals surface area (Å²) in [6, 6.07) is 7.46. The van der Waals surface area contributed by atoms with Crippen LogP contribution in [0.4, 0.5) is 5.69 Å². The van der Waals surface area contributed by atoms with Gasteiger partial charge in [0.15, 0.2) is 0 Å². The standard InChI is InChI=1S/C15H16ClN3O2/c1-19-9-10(4-11(19)7-17)8-18-13-5-12(16)14(20-2)6-15(13)21-3/h4-6,9,18H,8H2,1-3H3. The Hall–Kier alpha value is -2.32. The third-order valence-corrected chi connectivity index (χ3v) is 3.43. The maximum Gasteiger partial charge on any atom is 0.145 e. The number of nitrogens with zero attached hydrogens (tertiary/aromatic N) is 2. The minimum Gasteiger partial charge on any atom is -0.495 e. The first-order valence-corrected chi connectivity index (χ1v) is 6.67. The Labute approximate surface area is 128 Å². The van der Waals surface area contributed by atoms with E-state index in [-0.39, 0.29) is 0 Å². The summed E-state index contributed by atoms with van der Waals surface area (Å²) in [5.41, 5.74) is 2.39.